The molecule has 4 heteroatoms. The Morgan fingerprint density at radius 1 is 1.07 bits per heavy atom. The predicted octanol–water partition coefficient (Wildman–Crippen LogP) is 6.04. The Labute approximate surface area is 166 Å². The van der Waals surface area contributed by atoms with Gasteiger partial charge < -0.3 is 10.3 Å². The normalized spacial score (nSPS) is 12.2. The van der Waals surface area contributed by atoms with E-state index in [2.05, 4.69) is 29.4 Å². The molecule has 0 aliphatic rings. The molecule has 1 heterocycles. The molecule has 27 heavy (non-hydrogen) atoms. The highest BCUT2D eigenvalue weighted by Crippen LogP contribution is 2.33. The maximum atomic E-state index is 12.6. The maximum Gasteiger partial charge on any atom is 0.220 e. The first kappa shape index (κ1) is 19.5. The molecule has 2 aromatic carbocycles. The first-order valence-corrected chi connectivity index (χ1v) is 10.1. The molecule has 3 aromatic rings. The van der Waals surface area contributed by atoms with E-state index in [0.717, 1.165) is 35.0 Å². The quantitative estimate of drug-likeness (QED) is 0.435. The lowest BCUT2D eigenvalue weighted by molar-refractivity contribution is -0.121. The van der Waals surface area contributed by atoms with Gasteiger partial charge in [0.15, 0.2) is 0 Å². The predicted molar refractivity (Wildman–Crippen MR) is 113 cm³/mol. The van der Waals surface area contributed by atoms with E-state index in [0.29, 0.717) is 11.4 Å². The van der Waals surface area contributed by atoms with Gasteiger partial charge in [-0.15, -0.1) is 0 Å². The van der Waals surface area contributed by atoms with Crippen molar-refractivity contribution in [2.75, 3.05) is 6.54 Å². The molecular weight excluding hydrogens is 356 g/mol. The van der Waals surface area contributed by atoms with E-state index >= 15 is 0 Å². The van der Waals surface area contributed by atoms with E-state index in [4.69, 9.17) is 11.6 Å². The zero-order valence-electron chi connectivity index (χ0n) is 15.8. The number of hydrogen-bond acceptors (Lipinski definition) is 1. The monoisotopic (exact) mass is 382 g/mol. The minimum absolute atomic E-state index is 0.00550. The molecule has 0 saturated carbocycles. The van der Waals surface area contributed by atoms with Gasteiger partial charge in [-0.1, -0.05) is 68.1 Å². The number of carbonyl (C=O) groups excluding carboxylic acids is 1. The standard InChI is InChI=1S/C23H27ClN2O/c1-2-3-4-7-14-25-23(27)15-20(17-10-12-18(24)13-11-17)21-16-26-22-9-6-5-8-19(21)22/h5-6,8-13,16,20,26H,2-4,7,14-15H2,1H3,(H,25,27)/t20-/m0/s1. The lowest BCUT2D eigenvalue weighted by Gasteiger charge is -2.17. The van der Waals surface area contributed by atoms with Crippen LogP contribution in [0.1, 0.15) is 56.1 Å². The van der Waals surface area contributed by atoms with E-state index in [1.165, 1.54) is 19.3 Å². The highest BCUT2D eigenvalue weighted by Gasteiger charge is 2.21. The van der Waals surface area contributed by atoms with Crippen LogP contribution < -0.4 is 5.32 Å². The molecule has 0 radical (unpaired) electrons. The van der Waals surface area contributed by atoms with Gasteiger partial charge in [0.05, 0.1) is 0 Å². The number of rotatable bonds is 9. The molecule has 0 unspecified atom stereocenters. The van der Waals surface area contributed by atoms with Crippen molar-refractivity contribution >= 4 is 28.4 Å². The summed E-state index contributed by atoms with van der Waals surface area (Å²) in [5.41, 5.74) is 3.34. The SMILES string of the molecule is CCCCCCNC(=O)C[C@@H](c1ccc(Cl)cc1)c1c[nH]c2ccccc12. The Hall–Kier alpha value is -2.26. The number of fused-ring (bicyclic) bond motifs is 1. The smallest absolute Gasteiger partial charge is 0.220 e. The summed E-state index contributed by atoms with van der Waals surface area (Å²) in [5.74, 6) is 0.0887. The minimum Gasteiger partial charge on any atom is -0.361 e. The Bertz CT molecular complexity index is 869. The Balaban J connectivity index is 1.78. The summed E-state index contributed by atoms with van der Waals surface area (Å²) in [4.78, 5) is 15.9. The second-order valence-electron chi connectivity index (χ2n) is 7.01. The molecule has 0 aliphatic carbocycles. The van der Waals surface area contributed by atoms with Crippen LogP contribution in [0.25, 0.3) is 10.9 Å². The molecule has 3 rings (SSSR count). The van der Waals surface area contributed by atoms with Crippen molar-refractivity contribution < 1.29 is 4.79 Å². The van der Waals surface area contributed by atoms with Crippen molar-refractivity contribution in [3.05, 3.63) is 70.9 Å². The lowest BCUT2D eigenvalue weighted by Crippen LogP contribution is -2.26. The highest BCUT2D eigenvalue weighted by atomic mass is 35.5. The number of unbranched alkanes of at least 4 members (excludes halogenated alkanes) is 3. The molecule has 3 nitrogen and oxygen atoms in total. The first-order chi connectivity index (χ1) is 13.2. The zero-order valence-corrected chi connectivity index (χ0v) is 16.6. The van der Waals surface area contributed by atoms with Crippen molar-refractivity contribution in [1.82, 2.24) is 10.3 Å². The van der Waals surface area contributed by atoms with Crippen LogP contribution >= 0.6 is 11.6 Å². The van der Waals surface area contributed by atoms with Crippen molar-refractivity contribution in [2.24, 2.45) is 0 Å². The molecule has 0 saturated heterocycles. The second kappa shape index (κ2) is 9.61. The molecule has 1 amide bonds. The topological polar surface area (TPSA) is 44.9 Å². The molecule has 1 atom stereocenters. The number of para-hydroxylation sites is 1. The molecule has 1 aromatic heterocycles. The van der Waals surface area contributed by atoms with E-state index in [1.807, 2.05) is 42.6 Å². The van der Waals surface area contributed by atoms with Gasteiger partial charge in [-0.25, -0.2) is 0 Å². The van der Waals surface area contributed by atoms with Gasteiger partial charge in [0.1, 0.15) is 0 Å². The third-order valence-corrected chi connectivity index (χ3v) is 5.26. The van der Waals surface area contributed by atoms with Crippen LogP contribution in [0.4, 0.5) is 0 Å². The number of carbonyl (C=O) groups is 1. The van der Waals surface area contributed by atoms with Crippen LogP contribution in [0.2, 0.25) is 5.02 Å². The van der Waals surface area contributed by atoms with Crippen LogP contribution in [0.5, 0.6) is 0 Å². The van der Waals surface area contributed by atoms with Gasteiger partial charge in [0.25, 0.3) is 0 Å². The van der Waals surface area contributed by atoms with Gasteiger partial charge in [-0.2, -0.15) is 0 Å². The van der Waals surface area contributed by atoms with E-state index in [9.17, 15) is 4.79 Å². The summed E-state index contributed by atoms with van der Waals surface area (Å²) in [6.07, 6.45) is 7.08. The molecule has 142 valence electrons. The van der Waals surface area contributed by atoms with Gasteiger partial charge >= 0.3 is 0 Å². The van der Waals surface area contributed by atoms with Crippen molar-refractivity contribution in [1.29, 1.82) is 0 Å². The number of nitrogens with one attached hydrogen (secondary N) is 2. The molecular formula is C23H27ClN2O. The van der Waals surface area contributed by atoms with Crippen molar-refractivity contribution in [3.63, 3.8) is 0 Å². The third kappa shape index (κ3) is 5.14. The van der Waals surface area contributed by atoms with Crippen LogP contribution in [0, 0.1) is 0 Å². The van der Waals surface area contributed by atoms with Crippen LogP contribution in [-0.4, -0.2) is 17.4 Å². The van der Waals surface area contributed by atoms with Gasteiger partial charge in [-0.05, 0) is 35.7 Å². The second-order valence-corrected chi connectivity index (χ2v) is 7.44. The van der Waals surface area contributed by atoms with E-state index in [-0.39, 0.29) is 11.8 Å². The lowest BCUT2D eigenvalue weighted by atomic mass is 9.88. The number of aromatic amines is 1. The van der Waals surface area contributed by atoms with Crippen LogP contribution in [-0.2, 0) is 4.79 Å². The Morgan fingerprint density at radius 2 is 1.85 bits per heavy atom. The number of hydrogen-bond donors (Lipinski definition) is 2. The molecule has 0 fully saturated rings. The van der Waals surface area contributed by atoms with Crippen LogP contribution in [0.15, 0.2) is 54.7 Å². The van der Waals surface area contributed by atoms with E-state index in [1.54, 1.807) is 0 Å². The van der Waals surface area contributed by atoms with Crippen molar-refractivity contribution in [3.8, 4) is 0 Å². The maximum absolute atomic E-state index is 12.6. The summed E-state index contributed by atoms with van der Waals surface area (Å²) in [5, 5.41) is 4.95. The largest absolute Gasteiger partial charge is 0.361 e. The minimum atomic E-state index is -0.00550. The number of aromatic nitrogens is 1. The Kier molecular flexibility index (Phi) is 6.94. The Morgan fingerprint density at radius 3 is 2.63 bits per heavy atom. The third-order valence-electron chi connectivity index (χ3n) is 5.01. The fraction of sp³-hybridized carbons (Fsp3) is 0.348. The van der Waals surface area contributed by atoms with Crippen LogP contribution in [0.3, 0.4) is 0 Å². The van der Waals surface area contributed by atoms with Crippen molar-refractivity contribution in [2.45, 2.75) is 44.9 Å². The summed E-state index contributed by atoms with van der Waals surface area (Å²) in [6.45, 7) is 2.94. The molecule has 0 aliphatic heterocycles. The average molecular weight is 383 g/mol. The summed E-state index contributed by atoms with van der Waals surface area (Å²) >= 11 is 6.07. The molecule has 2 N–H and O–H groups in total. The van der Waals surface area contributed by atoms with Gasteiger partial charge in [0, 0.05) is 41.0 Å². The fourth-order valence-electron chi connectivity index (χ4n) is 3.52. The molecule has 0 spiro atoms. The summed E-state index contributed by atoms with van der Waals surface area (Å²) in [7, 11) is 0. The first-order valence-electron chi connectivity index (χ1n) is 9.77. The average Bonchev–Trinajstić information content (AvgIpc) is 3.11. The van der Waals surface area contributed by atoms with E-state index < -0.39 is 0 Å². The number of halogens is 1. The highest BCUT2D eigenvalue weighted by molar-refractivity contribution is 6.30. The number of benzene rings is 2. The van der Waals surface area contributed by atoms with Gasteiger partial charge in [0.2, 0.25) is 5.91 Å². The molecule has 0 bridgehead atoms. The number of amides is 1. The zero-order chi connectivity index (χ0) is 19.1. The summed E-state index contributed by atoms with van der Waals surface area (Å²) in [6, 6.07) is 16.0. The summed E-state index contributed by atoms with van der Waals surface area (Å²) < 4.78 is 0. The number of H-pyrrole nitrogens is 1. The van der Waals surface area contributed by atoms with Gasteiger partial charge in [-0.3, -0.25) is 4.79 Å². The fourth-order valence-corrected chi connectivity index (χ4v) is 3.65.